The van der Waals surface area contributed by atoms with Crippen molar-refractivity contribution < 1.29 is 0 Å². The molecule has 60 valence electrons. The Morgan fingerprint density at radius 2 is 1.80 bits per heavy atom. The molecule has 0 aromatic carbocycles. The first kappa shape index (κ1) is 8.49. The Hall–Kier alpha value is 0.390. The second-order valence-corrected chi connectivity index (χ2v) is 3.62. The maximum Gasteiger partial charge on any atom is -0.00183 e. The number of rotatable bonds is 4. The van der Waals surface area contributed by atoms with E-state index >= 15 is 0 Å². The van der Waals surface area contributed by atoms with Crippen LogP contribution in [0.15, 0.2) is 0 Å². The summed E-state index contributed by atoms with van der Waals surface area (Å²) in [5, 5.41) is 0. The van der Waals surface area contributed by atoms with E-state index in [4.69, 9.17) is 0 Å². The second-order valence-electron chi connectivity index (χ2n) is 3.04. The summed E-state index contributed by atoms with van der Waals surface area (Å²) in [5.74, 6) is 0. The van der Waals surface area contributed by atoms with Gasteiger partial charge in [-0.25, -0.2) is 0 Å². The smallest absolute Gasteiger partial charge is 0.00183 e. The van der Waals surface area contributed by atoms with Gasteiger partial charge >= 0.3 is 0 Å². The molecule has 1 atom stereocenters. The van der Waals surface area contributed by atoms with Gasteiger partial charge in [0.15, 0.2) is 0 Å². The zero-order valence-corrected chi connectivity index (χ0v) is 7.84. The van der Waals surface area contributed by atoms with Crippen molar-refractivity contribution in [3.8, 4) is 0 Å². The molecule has 2 heteroatoms. The van der Waals surface area contributed by atoms with Crippen LogP contribution in [0.3, 0.4) is 0 Å². The van der Waals surface area contributed by atoms with Crippen molar-refractivity contribution in [1.82, 2.24) is 4.90 Å². The highest BCUT2D eigenvalue weighted by Crippen LogP contribution is 2.08. The third-order valence-corrected chi connectivity index (χ3v) is 2.54. The average Bonchev–Trinajstić information content (AvgIpc) is 2.41. The Bertz CT molecular complexity index is 79.3. The largest absolute Gasteiger partial charge is 0.303 e. The van der Waals surface area contributed by atoms with Crippen molar-refractivity contribution in [2.45, 2.75) is 25.7 Å². The third kappa shape index (κ3) is 2.98. The molecule has 10 heavy (non-hydrogen) atoms. The molecule has 1 saturated heterocycles. The minimum Gasteiger partial charge on any atom is -0.303 e. The highest BCUT2D eigenvalue weighted by molar-refractivity contribution is 7.16. The molecule has 0 amide bonds. The molecular weight excluding hydrogens is 141 g/mol. The van der Waals surface area contributed by atoms with Crippen LogP contribution >= 0.6 is 9.24 Å². The zero-order chi connectivity index (χ0) is 7.23. The minimum atomic E-state index is 1.27. The van der Waals surface area contributed by atoms with Crippen LogP contribution in [0.4, 0.5) is 0 Å². The Kier molecular flexibility index (Phi) is 4.32. The number of unbranched alkanes of at least 4 members (excludes halogenated alkanes) is 1. The normalized spacial score (nSPS) is 20.1. The molecule has 1 unspecified atom stereocenters. The first-order valence-electron chi connectivity index (χ1n) is 4.36. The molecule has 1 fully saturated rings. The summed E-state index contributed by atoms with van der Waals surface area (Å²) in [6, 6.07) is 0. The van der Waals surface area contributed by atoms with Gasteiger partial charge in [0.2, 0.25) is 0 Å². The highest BCUT2D eigenvalue weighted by atomic mass is 31.0. The van der Waals surface area contributed by atoms with Crippen molar-refractivity contribution in [1.29, 1.82) is 0 Å². The molecule has 0 N–H and O–H groups in total. The van der Waals surface area contributed by atoms with Gasteiger partial charge in [-0.15, -0.1) is 9.24 Å². The first-order valence-corrected chi connectivity index (χ1v) is 5.17. The molecule has 1 heterocycles. The number of hydrogen-bond acceptors (Lipinski definition) is 1. The van der Waals surface area contributed by atoms with Crippen molar-refractivity contribution in [3.63, 3.8) is 0 Å². The lowest BCUT2D eigenvalue weighted by atomic mass is 10.3. The SMILES string of the molecule is PCCCCN1CCCC1. The van der Waals surface area contributed by atoms with Crippen molar-refractivity contribution >= 4 is 9.24 Å². The fourth-order valence-electron chi connectivity index (χ4n) is 1.49. The van der Waals surface area contributed by atoms with E-state index in [1.165, 1.54) is 51.5 Å². The van der Waals surface area contributed by atoms with Crippen LogP contribution in [0, 0.1) is 0 Å². The van der Waals surface area contributed by atoms with E-state index in [1.807, 2.05) is 0 Å². The molecule has 1 aliphatic rings. The van der Waals surface area contributed by atoms with Crippen LogP contribution in [0.2, 0.25) is 0 Å². The second kappa shape index (κ2) is 5.09. The van der Waals surface area contributed by atoms with Crippen LogP contribution in [-0.4, -0.2) is 30.7 Å². The maximum atomic E-state index is 2.79. The predicted molar refractivity (Wildman–Crippen MR) is 49.5 cm³/mol. The fraction of sp³-hybridized carbons (Fsp3) is 1.00. The van der Waals surface area contributed by atoms with Crippen LogP contribution in [0.25, 0.3) is 0 Å². The third-order valence-electron chi connectivity index (χ3n) is 2.13. The van der Waals surface area contributed by atoms with E-state index in [-0.39, 0.29) is 0 Å². The molecule has 0 bridgehead atoms. The standard InChI is InChI=1S/C8H18NP/c10-8-4-3-7-9-5-1-2-6-9/h1-8,10H2. The summed E-state index contributed by atoms with van der Waals surface area (Å²) in [5.41, 5.74) is 0. The van der Waals surface area contributed by atoms with Crippen LogP contribution < -0.4 is 0 Å². The molecule has 0 aromatic heterocycles. The van der Waals surface area contributed by atoms with E-state index in [1.54, 1.807) is 0 Å². The van der Waals surface area contributed by atoms with Crippen LogP contribution in [0.1, 0.15) is 25.7 Å². The monoisotopic (exact) mass is 159 g/mol. The Morgan fingerprint density at radius 1 is 1.10 bits per heavy atom. The fourth-order valence-corrected chi connectivity index (χ4v) is 1.77. The van der Waals surface area contributed by atoms with Crippen LogP contribution in [-0.2, 0) is 0 Å². The molecule has 0 radical (unpaired) electrons. The van der Waals surface area contributed by atoms with Gasteiger partial charge in [-0.2, -0.15) is 0 Å². The van der Waals surface area contributed by atoms with Crippen molar-refractivity contribution in [3.05, 3.63) is 0 Å². The molecule has 0 aromatic rings. The summed E-state index contributed by atoms with van der Waals surface area (Å²) in [7, 11) is 2.79. The maximum absolute atomic E-state index is 2.79. The van der Waals surface area contributed by atoms with Gasteiger partial charge in [-0.3, -0.25) is 0 Å². The van der Waals surface area contributed by atoms with Gasteiger partial charge in [-0.1, -0.05) is 0 Å². The average molecular weight is 159 g/mol. The quantitative estimate of drug-likeness (QED) is 0.446. The zero-order valence-electron chi connectivity index (χ0n) is 6.68. The molecule has 1 aliphatic heterocycles. The van der Waals surface area contributed by atoms with E-state index in [9.17, 15) is 0 Å². The number of likely N-dealkylation sites (tertiary alicyclic amines) is 1. The highest BCUT2D eigenvalue weighted by Gasteiger charge is 2.09. The molecule has 0 aliphatic carbocycles. The predicted octanol–water partition coefficient (Wildman–Crippen LogP) is 1.74. The van der Waals surface area contributed by atoms with Crippen molar-refractivity contribution in [2.24, 2.45) is 0 Å². The van der Waals surface area contributed by atoms with Gasteiger partial charge < -0.3 is 4.90 Å². The number of nitrogens with zero attached hydrogens (tertiary/aromatic N) is 1. The van der Waals surface area contributed by atoms with Gasteiger partial charge in [0.25, 0.3) is 0 Å². The summed E-state index contributed by atoms with van der Waals surface area (Å²) >= 11 is 0. The van der Waals surface area contributed by atoms with Gasteiger partial charge in [-0.05, 0) is 51.5 Å². The lowest BCUT2D eigenvalue weighted by Gasteiger charge is -2.12. The van der Waals surface area contributed by atoms with E-state index in [2.05, 4.69) is 14.1 Å². The minimum absolute atomic E-state index is 1.27. The Morgan fingerprint density at radius 3 is 2.40 bits per heavy atom. The molecule has 1 rings (SSSR count). The lowest BCUT2D eigenvalue weighted by molar-refractivity contribution is 0.333. The summed E-state index contributed by atoms with van der Waals surface area (Å²) in [4.78, 5) is 2.58. The Labute approximate surface area is 66.4 Å². The van der Waals surface area contributed by atoms with E-state index in [0.717, 1.165) is 0 Å². The Balaban J connectivity index is 1.91. The summed E-state index contributed by atoms with van der Waals surface area (Å²) in [6.07, 6.45) is 6.90. The molecule has 1 nitrogen and oxygen atoms in total. The molecule has 0 saturated carbocycles. The number of hydrogen-bond donors (Lipinski definition) is 0. The van der Waals surface area contributed by atoms with Crippen LogP contribution in [0.5, 0.6) is 0 Å². The lowest BCUT2D eigenvalue weighted by Crippen LogP contribution is -2.20. The topological polar surface area (TPSA) is 3.24 Å². The molecular formula is C8H18NP. The first-order chi connectivity index (χ1) is 4.93. The summed E-state index contributed by atoms with van der Waals surface area (Å²) in [6.45, 7) is 4.06. The van der Waals surface area contributed by atoms with Gasteiger partial charge in [0.05, 0.1) is 0 Å². The van der Waals surface area contributed by atoms with Gasteiger partial charge in [0, 0.05) is 0 Å². The molecule has 0 spiro atoms. The van der Waals surface area contributed by atoms with Crippen molar-refractivity contribution in [2.75, 3.05) is 25.8 Å². The van der Waals surface area contributed by atoms with Gasteiger partial charge in [0.1, 0.15) is 0 Å². The van der Waals surface area contributed by atoms with E-state index < -0.39 is 0 Å². The summed E-state index contributed by atoms with van der Waals surface area (Å²) < 4.78 is 0. The van der Waals surface area contributed by atoms with E-state index in [0.29, 0.717) is 0 Å².